The van der Waals surface area contributed by atoms with Crippen LogP contribution in [0.5, 0.6) is 5.88 Å². The molecular weight excluding hydrogens is 300 g/mol. The largest absolute Gasteiger partial charge is 0.492 e. The Labute approximate surface area is 139 Å². The molecule has 118 valence electrons. The number of hydrogen-bond acceptors (Lipinski definition) is 4. The lowest BCUT2D eigenvalue weighted by Gasteiger charge is -2.02. The molecule has 3 N–H and O–H groups in total. The number of nitrogens with zero attached hydrogens (tertiary/aromatic N) is 2. The minimum absolute atomic E-state index is 0.0316. The predicted octanol–water partition coefficient (Wildman–Crippen LogP) is 3.98. The van der Waals surface area contributed by atoms with Crippen LogP contribution >= 0.6 is 0 Å². The van der Waals surface area contributed by atoms with Crippen LogP contribution in [0, 0.1) is 0 Å². The van der Waals surface area contributed by atoms with Crippen molar-refractivity contribution in [2.75, 3.05) is 5.32 Å². The van der Waals surface area contributed by atoms with E-state index in [2.05, 4.69) is 20.3 Å². The Bertz CT molecular complexity index is 926. The van der Waals surface area contributed by atoms with Gasteiger partial charge in [0.25, 0.3) is 0 Å². The fraction of sp³-hybridized carbons (Fsp3) is 0.0526. The monoisotopic (exact) mass is 316 g/mol. The molecular formula is C19H16N4O. The molecule has 1 aliphatic rings. The van der Waals surface area contributed by atoms with Crippen LogP contribution in [0.25, 0.3) is 11.6 Å². The van der Waals surface area contributed by atoms with Gasteiger partial charge in [-0.1, -0.05) is 48.5 Å². The average Bonchev–Trinajstić information content (AvgIpc) is 3.18. The van der Waals surface area contributed by atoms with E-state index in [1.807, 2.05) is 60.7 Å². The van der Waals surface area contributed by atoms with E-state index < -0.39 is 0 Å². The number of hydrogen-bond donors (Lipinski definition) is 3. The highest BCUT2D eigenvalue weighted by atomic mass is 16.3. The topological polar surface area (TPSA) is 73.3 Å². The van der Waals surface area contributed by atoms with Crippen LogP contribution in [0.1, 0.15) is 16.8 Å². The number of anilines is 1. The number of allylic oxidation sites excluding steroid dienone is 1. The van der Waals surface area contributed by atoms with Crippen LogP contribution in [0.3, 0.4) is 0 Å². The van der Waals surface area contributed by atoms with Crippen molar-refractivity contribution in [3.8, 4) is 5.88 Å². The van der Waals surface area contributed by atoms with Crippen molar-refractivity contribution in [2.24, 2.45) is 4.99 Å². The molecule has 2 heterocycles. The zero-order valence-electron chi connectivity index (χ0n) is 12.9. The molecule has 0 aliphatic carbocycles. The van der Waals surface area contributed by atoms with Crippen molar-refractivity contribution in [3.63, 3.8) is 0 Å². The third kappa shape index (κ3) is 2.79. The molecule has 5 heteroatoms. The van der Waals surface area contributed by atoms with Crippen LogP contribution < -0.4 is 5.32 Å². The van der Waals surface area contributed by atoms with Crippen LogP contribution in [0.2, 0.25) is 0 Å². The molecule has 5 nitrogen and oxygen atoms in total. The highest BCUT2D eigenvalue weighted by Gasteiger charge is 2.13. The Morgan fingerprint density at radius 1 is 1.04 bits per heavy atom. The van der Waals surface area contributed by atoms with Gasteiger partial charge in [-0.3, -0.25) is 4.99 Å². The summed E-state index contributed by atoms with van der Waals surface area (Å²) in [5, 5.41) is 13.2. The molecule has 0 unspecified atom stereocenters. The fourth-order valence-corrected chi connectivity index (χ4v) is 2.65. The summed E-state index contributed by atoms with van der Waals surface area (Å²) in [6, 6.07) is 17.9. The first-order valence-corrected chi connectivity index (χ1v) is 7.71. The smallest absolute Gasteiger partial charge is 0.238 e. The molecule has 0 bridgehead atoms. The summed E-state index contributed by atoms with van der Waals surface area (Å²) in [6.45, 7) is 0.633. The fourth-order valence-electron chi connectivity index (χ4n) is 2.65. The van der Waals surface area contributed by atoms with Gasteiger partial charge in [-0.2, -0.15) is 4.98 Å². The molecule has 3 aromatic rings. The number of aromatic amines is 1. The van der Waals surface area contributed by atoms with Crippen molar-refractivity contribution in [2.45, 2.75) is 6.54 Å². The van der Waals surface area contributed by atoms with Gasteiger partial charge in [-0.15, -0.1) is 0 Å². The van der Waals surface area contributed by atoms with E-state index in [-0.39, 0.29) is 5.88 Å². The lowest BCUT2D eigenvalue weighted by atomic mass is 10.1. The van der Waals surface area contributed by atoms with Crippen molar-refractivity contribution in [1.82, 2.24) is 9.97 Å². The first-order chi connectivity index (χ1) is 11.8. The second kappa shape index (κ2) is 6.04. The standard InChI is InChI=1S/C19H16N4O/c24-18-17(10-14-12-20-16-9-5-4-8-15(14)16)22-19(23-18)21-11-13-6-2-1-3-7-13/h1-10,12,24H,11H2,(H2,21,22,23). The summed E-state index contributed by atoms with van der Waals surface area (Å²) in [5.41, 5.74) is 4.63. The average molecular weight is 316 g/mol. The highest BCUT2D eigenvalue weighted by molar-refractivity contribution is 6.21. The molecule has 0 saturated carbocycles. The summed E-state index contributed by atoms with van der Waals surface area (Å²) >= 11 is 0. The molecule has 0 fully saturated rings. The normalized spacial score (nSPS) is 14.1. The number of rotatable bonds is 4. The molecule has 0 atom stereocenters. The summed E-state index contributed by atoms with van der Waals surface area (Å²) in [4.78, 5) is 11.6. The van der Waals surface area contributed by atoms with E-state index in [9.17, 15) is 5.11 Å². The van der Waals surface area contributed by atoms with Crippen molar-refractivity contribution >= 4 is 29.5 Å². The Hall–Kier alpha value is -3.34. The number of aliphatic imine (C=N–C) groups is 1. The molecule has 0 radical (unpaired) electrons. The van der Waals surface area contributed by atoms with Gasteiger partial charge in [0, 0.05) is 23.9 Å². The van der Waals surface area contributed by atoms with E-state index in [1.54, 1.807) is 6.21 Å². The highest BCUT2D eigenvalue weighted by Crippen LogP contribution is 2.33. The number of aromatic hydroxyl groups is 1. The zero-order chi connectivity index (χ0) is 16.4. The maximum absolute atomic E-state index is 10.1. The van der Waals surface area contributed by atoms with Crippen LogP contribution in [-0.2, 0) is 6.54 Å². The Morgan fingerprint density at radius 3 is 2.71 bits per heavy atom. The SMILES string of the molecule is Oc1nc(NCc2ccccc2)[nH]c1C=C1C=Nc2ccccc21. The van der Waals surface area contributed by atoms with E-state index in [1.165, 1.54) is 0 Å². The Balaban J connectivity index is 1.54. The van der Waals surface area contributed by atoms with Gasteiger partial charge in [0.2, 0.25) is 11.8 Å². The number of benzene rings is 2. The third-order valence-corrected chi connectivity index (χ3v) is 3.87. The molecule has 4 rings (SSSR count). The van der Waals surface area contributed by atoms with Gasteiger partial charge in [-0.05, 0) is 17.7 Å². The lowest BCUT2D eigenvalue weighted by Crippen LogP contribution is -2.00. The summed E-state index contributed by atoms with van der Waals surface area (Å²) in [7, 11) is 0. The minimum atomic E-state index is -0.0316. The predicted molar refractivity (Wildman–Crippen MR) is 96.5 cm³/mol. The van der Waals surface area contributed by atoms with Gasteiger partial charge >= 0.3 is 0 Å². The molecule has 0 saturated heterocycles. The van der Waals surface area contributed by atoms with Crippen LogP contribution in [-0.4, -0.2) is 21.3 Å². The molecule has 1 aromatic heterocycles. The minimum Gasteiger partial charge on any atom is -0.492 e. The number of H-pyrrole nitrogens is 1. The first kappa shape index (κ1) is 14.3. The summed E-state index contributed by atoms with van der Waals surface area (Å²) < 4.78 is 0. The maximum atomic E-state index is 10.1. The van der Waals surface area contributed by atoms with Gasteiger partial charge in [0.05, 0.1) is 5.69 Å². The summed E-state index contributed by atoms with van der Waals surface area (Å²) in [6.07, 6.45) is 3.65. The quantitative estimate of drug-likeness (QED) is 0.681. The van der Waals surface area contributed by atoms with Crippen molar-refractivity contribution in [3.05, 3.63) is 71.4 Å². The van der Waals surface area contributed by atoms with Crippen molar-refractivity contribution < 1.29 is 5.11 Å². The molecule has 24 heavy (non-hydrogen) atoms. The Morgan fingerprint density at radius 2 is 1.83 bits per heavy atom. The number of imidazole rings is 1. The van der Waals surface area contributed by atoms with Gasteiger partial charge in [0.1, 0.15) is 5.69 Å². The molecule has 1 aliphatic heterocycles. The van der Waals surface area contributed by atoms with E-state index in [0.29, 0.717) is 18.2 Å². The van der Waals surface area contributed by atoms with E-state index in [4.69, 9.17) is 0 Å². The van der Waals surface area contributed by atoms with Crippen LogP contribution in [0.4, 0.5) is 11.6 Å². The number of aromatic nitrogens is 2. The van der Waals surface area contributed by atoms with Crippen molar-refractivity contribution in [1.29, 1.82) is 0 Å². The number of fused-ring (bicyclic) bond motifs is 1. The number of nitrogens with one attached hydrogen (secondary N) is 2. The third-order valence-electron chi connectivity index (χ3n) is 3.87. The molecule has 0 amide bonds. The summed E-state index contributed by atoms with van der Waals surface area (Å²) in [5.74, 6) is 0.502. The van der Waals surface area contributed by atoms with Gasteiger partial charge in [-0.25, -0.2) is 0 Å². The zero-order valence-corrected chi connectivity index (χ0v) is 12.9. The first-order valence-electron chi connectivity index (χ1n) is 7.71. The second-order valence-corrected chi connectivity index (χ2v) is 5.54. The van der Waals surface area contributed by atoms with Crippen LogP contribution in [0.15, 0.2) is 59.6 Å². The number of para-hydroxylation sites is 1. The second-order valence-electron chi connectivity index (χ2n) is 5.54. The Kier molecular flexibility index (Phi) is 3.59. The molecule has 2 aromatic carbocycles. The van der Waals surface area contributed by atoms with Gasteiger partial charge in [0.15, 0.2) is 0 Å². The van der Waals surface area contributed by atoms with E-state index in [0.717, 1.165) is 22.4 Å². The van der Waals surface area contributed by atoms with E-state index >= 15 is 0 Å². The van der Waals surface area contributed by atoms with Gasteiger partial charge < -0.3 is 15.4 Å². The lowest BCUT2D eigenvalue weighted by molar-refractivity contribution is 0.455. The molecule has 0 spiro atoms. The maximum Gasteiger partial charge on any atom is 0.238 e.